The van der Waals surface area contributed by atoms with Gasteiger partial charge in [-0.25, -0.2) is 4.79 Å². The van der Waals surface area contributed by atoms with Crippen molar-refractivity contribution in [2.75, 3.05) is 11.9 Å². The number of urea groups is 1. The molecule has 98 valence electrons. The fourth-order valence-electron chi connectivity index (χ4n) is 1.43. The number of hydrogen-bond donors (Lipinski definition) is 2. The Morgan fingerprint density at radius 2 is 2.00 bits per heavy atom. The van der Waals surface area contributed by atoms with Crippen molar-refractivity contribution in [1.82, 2.24) is 5.32 Å². The van der Waals surface area contributed by atoms with Crippen molar-refractivity contribution in [1.29, 1.82) is 0 Å². The Labute approximate surface area is 121 Å². The Bertz CT molecular complexity index is 458. The summed E-state index contributed by atoms with van der Waals surface area (Å²) in [5, 5.41) is 5.39. The van der Waals surface area contributed by atoms with E-state index in [0.717, 1.165) is 3.57 Å². The van der Waals surface area contributed by atoms with Gasteiger partial charge in [-0.3, -0.25) is 4.79 Å². The molecular weight excluding hydrogens is 343 g/mol. The Morgan fingerprint density at radius 1 is 1.33 bits per heavy atom. The zero-order chi connectivity index (χ0) is 13.7. The molecule has 5 heteroatoms. The molecular formula is C13H17IN2O2. The van der Waals surface area contributed by atoms with Crippen LogP contribution >= 0.6 is 22.6 Å². The second-order valence-corrected chi connectivity index (χ2v) is 5.36. The smallest absolute Gasteiger partial charge is 0.319 e. The van der Waals surface area contributed by atoms with Crippen LogP contribution in [-0.2, 0) is 0 Å². The summed E-state index contributed by atoms with van der Waals surface area (Å²) in [7, 11) is 0. The number of nitrogens with one attached hydrogen (secondary N) is 2. The van der Waals surface area contributed by atoms with E-state index >= 15 is 0 Å². The molecule has 0 bridgehead atoms. The molecule has 1 aromatic carbocycles. The molecule has 1 aromatic rings. The molecule has 18 heavy (non-hydrogen) atoms. The highest BCUT2D eigenvalue weighted by Gasteiger charge is 2.12. The minimum atomic E-state index is -0.238. The Balaban J connectivity index is 2.86. The zero-order valence-electron chi connectivity index (χ0n) is 10.7. The van der Waals surface area contributed by atoms with Gasteiger partial charge in [-0.05, 0) is 47.7 Å². The molecule has 0 saturated heterocycles. The van der Waals surface area contributed by atoms with Crippen LogP contribution in [0.4, 0.5) is 10.5 Å². The van der Waals surface area contributed by atoms with Gasteiger partial charge in [-0.1, -0.05) is 13.8 Å². The molecule has 0 saturated carbocycles. The summed E-state index contributed by atoms with van der Waals surface area (Å²) < 4.78 is 0.852. The molecule has 0 heterocycles. The van der Waals surface area contributed by atoms with E-state index in [1.807, 2.05) is 20.8 Å². The van der Waals surface area contributed by atoms with Crippen molar-refractivity contribution in [3.8, 4) is 0 Å². The van der Waals surface area contributed by atoms with Crippen LogP contribution in [0.1, 0.15) is 31.1 Å². The monoisotopic (exact) mass is 360 g/mol. The molecule has 4 nitrogen and oxygen atoms in total. The molecule has 2 N–H and O–H groups in total. The molecule has 0 aliphatic heterocycles. The number of rotatable bonds is 4. The normalized spacial score (nSPS) is 10.3. The first-order chi connectivity index (χ1) is 8.45. The standard InChI is InChI=1S/C13H17IN2O2/c1-4-15-13(18)16-11-6-5-9(7-10(11)14)12(17)8(2)3/h5-8H,4H2,1-3H3,(H2,15,16,18). The largest absolute Gasteiger partial charge is 0.338 e. The van der Waals surface area contributed by atoms with Crippen LogP contribution in [0.25, 0.3) is 0 Å². The summed E-state index contributed by atoms with van der Waals surface area (Å²) in [6, 6.07) is 5.06. The third-order valence-corrected chi connectivity index (χ3v) is 3.26. The van der Waals surface area contributed by atoms with Crippen LogP contribution in [0.15, 0.2) is 18.2 Å². The predicted molar refractivity (Wildman–Crippen MR) is 81.0 cm³/mol. The van der Waals surface area contributed by atoms with E-state index in [0.29, 0.717) is 17.8 Å². The maximum Gasteiger partial charge on any atom is 0.319 e. The van der Waals surface area contributed by atoms with Crippen molar-refractivity contribution in [2.45, 2.75) is 20.8 Å². The number of hydrogen-bond acceptors (Lipinski definition) is 2. The summed E-state index contributed by atoms with van der Waals surface area (Å²) in [6.07, 6.45) is 0. The molecule has 0 aromatic heterocycles. The van der Waals surface area contributed by atoms with Gasteiger partial charge in [0.25, 0.3) is 0 Å². The maximum absolute atomic E-state index is 11.8. The molecule has 0 fully saturated rings. The summed E-state index contributed by atoms with van der Waals surface area (Å²) in [4.78, 5) is 23.2. The number of carbonyl (C=O) groups excluding carboxylic acids is 2. The fourth-order valence-corrected chi connectivity index (χ4v) is 2.08. The van der Waals surface area contributed by atoms with Crippen LogP contribution in [0.3, 0.4) is 0 Å². The Kier molecular flexibility index (Phi) is 5.58. The second-order valence-electron chi connectivity index (χ2n) is 4.20. The third kappa shape index (κ3) is 3.97. The van der Waals surface area contributed by atoms with Gasteiger partial charge < -0.3 is 10.6 Å². The summed E-state index contributed by atoms with van der Waals surface area (Å²) in [5.41, 5.74) is 1.39. The minimum absolute atomic E-state index is 0.0250. The average molecular weight is 360 g/mol. The highest BCUT2D eigenvalue weighted by atomic mass is 127. The van der Waals surface area contributed by atoms with Gasteiger partial charge in [0, 0.05) is 21.6 Å². The maximum atomic E-state index is 11.8. The lowest BCUT2D eigenvalue weighted by atomic mass is 10.0. The van der Waals surface area contributed by atoms with Gasteiger partial charge in [0.15, 0.2) is 5.78 Å². The van der Waals surface area contributed by atoms with Gasteiger partial charge in [0.1, 0.15) is 0 Å². The number of Topliss-reactive ketones (excluding diaryl/α,β-unsaturated/α-hetero) is 1. The third-order valence-electron chi connectivity index (χ3n) is 2.36. The van der Waals surface area contributed by atoms with E-state index in [9.17, 15) is 9.59 Å². The molecule has 2 amide bonds. The number of ketones is 1. The van der Waals surface area contributed by atoms with Gasteiger partial charge >= 0.3 is 6.03 Å². The summed E-state index contributed by atoms with van der Waals surface area (Å²) >= 11 is 2.11. The van der Waals surface area contributed by atoms with E-state index < -0.39 is 0 Å². The molecule has 0 spiro atoms. The summed E-state index contributed by atoms with van der Waals surface area (Å²) in [5.74, 6) is 0.0838. The quantitative estimate of drug-likeness (QED) is 0.640. The van der Waals surface area contributed by atoms with Crippen molar-refractivity contribution in [3.05, 3.63) is 27.3 Å². The molecule has 0 aliphatic carbocycles. The number of benzene rings is 1. The van der Waals surface area contributed by atoms with Crippen molar-refractivity contribution >= 4 is 40.1 Å². The lowest BCUT2D eigenvalue weighted by Gasteiger charge is -2.10. The number of carbonyl (C=O) groups is 2. The molecule has 0 aliphatic rings. The fraction of sp³-hybridized carbons (Fsp3) is 0.385. The Morgan fingerprint density at radius 3 is 2.50 bits per heavy atom. The number of anilines is 1. The van der Waals surface area contributed by atoms with E-state index in [1.165, 1.54) is 0 Å². The van der Waals surface area contributed by atoms with Gasteiger partial charge in [-0.2, -0.15) is 0 Å². The number of halogens is 1. The van der Waals surface area contributed by atoms with Crippen molar-refractivity contribution in [2.24, 2.45) is 5.92 Å². The number of amides is 2. The summed E-state index contributed by atoms with van der Waals surface area (Å²) in [6.45, 7) is 6.17. The van der Waals surface area contributed by atoms with E-state index in [4.69, 9.17) is 0 Å². The van der Waals surface area contributed by atoms with Crippen molar-refractivity contribution < 1.29 is 9.59 Å². The van der Waals surface area contributed by atoms with Gasteiger partial charge in [0.05, 0.1) is 5.69 Å². The van der Waals surface area contributed by atoms with Crippen LogP contribution in [0, 0.1) is 9.49 Å². The predicted octanol–water partition coefficient (Wildman–Crippen LogP) is 3.27. The lowest BCUT2D eigenvalue weighted by Crippen LogP contribution is -2.28. The first kappa shape index (κ1) is 14.9. The molecule has 0 unspecified atom stereocenters. The average Bonchev–Trinajstić information content (AvgIpc) is 2.31. The van der Waals surface area contributed by atoms with Gasteiger partial charge in [0.2, 0.25) is 0 Å². The first-order valence-electron chi connectivity index (χ1n) is 5.84. The van der Waals surface area contributed by atoms with Crippen molar-refractivity contribution in [3.63, 3.8) is 0 Å². The minimum Gasteiger partial charge on any atom is -0.338 e. The molecule has 1 rings (SSSR count). The van der Waals surface area contributed by atoms with Crippen LogP contribution in [0.2, 0.25) is 0 Å². The lowest BCUT2D eigenvalue weighted by molar-refractivity contribution is 0.0939. The SMILES string of the molecule is CCNC(=O)Nc1ccc(C(=O)C(C)C)cc1I. The second kappa shape index (κ2) is 6.72. The first-order valence-corrected chi connectivity index (χ1v) is 6.92. The molecule has 0 atom stereocenters. The highest BCUT2D eigenvalue weighted by molar-refractivity contribution is 14.1. The topological polar surface area (TPSA) is 58.2 Å². The molecule has 0 radical (unpaired) electrons. The van der Waals surface area contributed by atoms with Crippen LogP contribution < -0.4 is 10.6 Å². The van der Waals surface area contributed by atoms with E-state index in [1.54, 1.807) is 18.2 Å². The highest BCUT2D eigenvalue weighted by Crippen LogP contribution is 2.21. The van der Waals surface area contributed by atoms with Crippen LogP contribution in [-0.4, -0.2) is 18.4 Å². The Hall–Kier alpha value is -1.11. The van der Waals surface area contributed by atoms with Gasteiger partial charge in [-0.15, -0.1) is 0 Å². The zero-order valence-corrected chi connectivity index (χ0v) is 12.9. The van der Waals surface area contributed by atoms with E-state index in [-0.39, 0.29) is 17.7 Å². The van der Waals surface area contributed by atoms with Crippen LogP contribution in [0.5, 0.6) is 0 Å². The van der Waals surface area contributed by atoms with E-state index in [2.05, 4.69) is 33.2 Å².